The molecule has 2 atom stereocenters. The lowest BCUT2D eigenvalue weighted by Gasteiger charge is -2.49. The molecular weight excluding hydrogens is 298 g/mol. The first kappa shape index (κ1) is 15.5. The van der Waals surface area contributed by atoms with Gasteiger partial charge in [0.05, 0.1) is 0 Å². The Morgan fingerprint density at radius 1 is 1.17 bits per heavy atom. The highest BCUT2D eigenvalue weighted by molar-refractivity contribution is 5.79. The van der Waals surface area contributed by atoms with E-state index in [1.54, 1.807) is 4.57 Å². The number of nitrogens with one attached hydrogen (secondary N) is 1. The SMILES string of the molecule is Cc1cccc(-c2ccn(C(=O)N[C@@H]3C4CCN(CC4)[C@H]3C)c2)c1. The smallest absolute Gasteiger partial charge is 0.325 e. The predicted molar refractivity (Wildman–Crippen MR) is 96.1 cm³/mol. The molecule has 1 N–H and O–H groups in total. The van der Waals surface area contributed by atoms with Crippen molar-refractivity contribution in [3.05, 3.63) is 48.3 Å². The zero-order valence-corrected chi connectivity index (χ0v) is 14.4. The van der Waals surface area contributed by atoms with Gasteiger partial charge in [0.25, 0.3) is 0 Å². The van der Waals surface area contributed by atoms with E-state index in [-0.39, 0.29) is 12.1 Å². The Labute approximate surface area is 143 Å². The lowest BCUT2D eigenvalue weighted by molar-refractivity contribution is 0.0267. The number of rotatable bonds is 2. The molecule has 2 aromatic rings. The highest BCUT2D eigenvalue weighted by atomic mass is 16.2. The number of aromatic nitrogens is 1. The van der Waals surface area contributed by atoms with Gasteiger partial charge in [-0.3, -0.25) is 9.47 Å². The molecule has 0 unspecified atom stereocenters. The van der Waals surface area contributed by atoms with E-state index in [1.807, 2.05) is 18.5 Å². The first-order chi connectivity index (χ1) is 11.6. The van der Waals surface area contributed by atoms with Gasteiger partial charge < -0.3 is 5.32 Å². The Morgan fingerprint density at radius 2 is 1.96 bits per heavy atom. The van der Waals surface area contributed by atoms with E-state index >= 15 is 0 Å². The highest BCUT2D eigenvalue weighted by Crippen LogP contribution is 2.32. The maximum absolute atomic E-state index is 12.7. The van der Waals surface area contributed by atoms with E-state index in [9.17, 15) is 4.79 Å². The lowest BCUT2D eigenvalue weighted by atomic mass is 9.79. The molecular formula is C20H25N3O. The monoisotopic (exact) mass is 323 g/mol. The van der Waals surface area contributed by atoms with E-state index in [1.165, 1.54) is 31.5 Å². The van der Waals surface area contributed by atoms with Crippen molar-refractivity contribution in [2.24, 2.45) is 5.92 Å². The van der Waals surface area contributed by atoms with Crippen LogP contribution in [0.25, 0.3) is 11.1 Å². The molecule has 126 valence electrons. The van der Waals surface area contributed by atoms with Crippen LogP contribution >= 0.6 is 0 Å². The Morgan fingerprint density at radius 3 is 2.67 bits per heavy atom. The molecule has 4 nitrogen and oxygen atoms in total. The molecule has 24 heavy (non-hydrogen) atoms. The summed E-state index contributed by atoms with van der Waals surface area (Å²) in [7, 11) is 0. The first-order valence-electron chi connectivity index (χ1n) is 8.92. The molecule has 4 heteroatoms. The molecule has 1 aromatic heterocycles. The Balaban J connectivity index is 1.49. The van der Waals surface area contributed by atoms with Crippen LogP contribution in [0.3, 0.4) is 0 Å². The molecule has 0 aliphatic carbocycles. The standard InChI is InChI=1S/C20H25N3O/c1-14-4-3-5-17(12-14)18-8-11-23(13-18)20(24)21-19-15(2)22-9-6-16(19)7-10-22/h3-5,8,11-13,15-16,19H,6-7,9-10H2,1-2H3,(H,21,24)/t15-,19-/m0/s1. The van der Waals surface area contributed by atoms with Gasteiger partial charge in [-0.25, -0.2) is 4.79 Å². The zero-order valence-electron chi connectivity index (χ0n) is 14.4. The summed E-state index contributed by atoms with van der Waals surface area (Å²) in [6.07, 6.45) is 6.19. The Bertz CT molecular complexity index is 741. The van der Waals surface area contributed by atoms with Crippen molar-refractivity contribution in [3.8, 4) is 11.1 Å². The summed E-state index contributed by atoms with van der Waals surface area (Å²) >= 11 is 0. The molecule has 3 aliphatic heterocycles. The molecule has 0 spiro atoms. The number of benzene rings is 1. The van der Waals surface area contributed by atoms with Crippen LogP contribution in [-0.4, -0.2) is 40.7 Å². The topological polar surface area (TPSA) is 37.3 Å². The summed E-state index contributed by atoms with van der Waals surface area (Å²) in [5.74, 6) is 0.626. The fraction of sp³-hybridized carbons (Fsp3) is 0.450. The third-order valence-corrected chi connectivity index (χ3v) is 5.75. The summed E-state index contributed by atoms with van der Waals surface area (Å²) in [4.78, 5) is 15.2. The summed E-state index contributed by atoms with van der Waals surface area (Å²) in [6.45, 7) is 6.69. The zero-order chi connectivity index (χ0) is 16.7. The second kappa shape index (κ2) is 6.10. The summed E-state index contributed by atoms with van der Waals surface area (Å²) < 4.78 is 1.68. The van der Waals surface area contributed by atoms with Gasteiger partial charge in [0, 0.05) is 24.5 Å². The fourth-order valence-electron chi connectivity index (χ4n) is 4.28. The van der Waals surface area contributed by atoms with Gasteiger partial charge in [-0.15, -0.1) is 0 Å². The van der Waals surface area contributed by atoms with Crippen molar-refractivity contribution in [1.29, 1.82) is 0 Å². The fourth-order valence-corrected chi connectivity index (χ4v) is 4.28. The number of piperidine rings is 3. The van der Waals surface area contributed by atoms with Gasteiger partial charge in [-0.05, 0) is 62.9 Å². The van der Waals surface area contributed by atoms with Crippen LogP contribution in [0.5, 0.6) is 0 Å². The number of amides is 1. The minimum absolute atomic E-state index is 0.0143. The van der Waals surface area contributed by atoms with Crippen LogP contribution in [0.4, 0.5) is 4.79 Å². The first-order valence-corrected chi connectivity index (χ1v) is 8.92. The number of hydrogen-bond donors (Lipinski definition) is 1. The maximum atomic E-state index is 12.7. The van der Waals surface area contributed by atoms with Crippen molar-refractivity contribution >= 4 is 6.03 Å². The summed E-state index contributed by atoms with van der Waals surface area (Å²) in [5.41, 5.74) is 3.46. The maximum Gasteiger partial charge on any atom is 0.325 e. The van der Waals surface area contributed by atoms with Gasteiger partial charge in [0.1, 0.15) is 0 Å². The van der Waals surface area contributed by atoms with E-state index in [4.69, 9.17) is 0 Å². The van der Waals surface area contributed by atoms with Gasteiger partial charge in [0.2, 0.25) is 0 Å². The van der Waals surface area contributed by atoms with E-state index in [2.05, 4.69) is 48.3 Å². The molecule has 1 amide bonds. The summed E-state index contributed by atoms with van der Waals surface area (Å²) in [5, 5.41) is 3.27. The average molecular weight is 323 g/mol. The van der Waals surface area contributed by atoms with Crippen molar-refractivity contribution in [3.63, 3.8) is 0 Å². The number of hydrogen-bond acceptors (Lipinski definition) is 2. The van der Waals surface area contributed by atoms with E-state index < -0.39 is 0 Å². The van der Waals surface area contributed by atoms with Crippen LogP contribution in [0.15, 0.2) is 42.7 Å². The molecule has 3 fully saturated rings. The molecule has 0 saturated carbocycles. The molecule has 5 rings (SSSR count). The minimum Gasteiger partial charge on any atom is -0.333 e. The van der Waals surface area contributed by atoms with Gasteiger partial charge in [0.15, 0.2) is 0 Å². The van der Waals surface area contributed by atoms with Crippen LogP contribution in [0.2, 0.25) is 0 Å². The predicted octanol–water partition coefficient (Wildman–Crippen LogP) is 3.50. The third-order valence-electron chi connectivity index (χ3n) is 5.75. The number of aryl methyl sites for hydroxylation is 1. The third kappa shape index (κ3) is 2.75. The minimum atomic E-state index is -0.0143. The van der Waals surface area contributed by atoms with E-state index in [0.717, 1.165) is 11.1 Å². The number of carbonyl (C=O) groups is 1. The van der Waals surface area contributed by atoms with Gasteiger partial charge in [-0.2, -0.15) is 0 Å². The molecule has 4 heterocycles. The number of nitrogens with zero attached hydrogens (tertiary/aromatic N) is 2. The van der Waals surface area contributed by atoms with Gasteiger partial charge >= 0.3 is 6.03 Å². The second-order valence-corrected chi connectivity index (χ2v) is 7.27. The normalized spacial score (nSPS) is 28.8. The van der Waals surface area contributed by atoms with Crippen LogP contribution in [0, 0.1) is 12.8 Å². The van der Waals surface area contributed by atoms with Crippen LogP contribution in [-0.2, 0) is 0 Å². The quantitative estimate of drug-likeness (QED) is 0.918. The van der Waals surface area contributed by atoms with Crippen molar-refractivity contribution < 1.29 is 4.79 Å². The van der Waals surface area contributed by atoms with Crippen molar-refractivity contribution in [2.45, 2.75) is 38.8 Å². The molecule has 2 bridgehead atoms. The molecule has 3 aliphatic rings. The number of carbonyl (C=O) groups excluding carboxylic acids is 1. The Kier molecular flexibility index (Phi) is 3.93. The van der Waals surface area contributed by atoms with Gasteiger partial charge in [-0.1, -0.05) is 29.8 Å². The highest BCUT2D eigenvalue weighted by Gasteiger charge is 2.40. The second-order valence-electron chi connectivity index (χ2n) is 7.27. The van der Waals surface area contributed by atoms with Crippen LogP contribution in [0.1, 0.15) is 25.3 Å². The largest absolute Gasteiger partial charge is 0.333 e. The molecule has 3 saturated heterocycles. The molecule has 0 radical (unpaired) electrons. The molecule has 1 aromatic carbocycles. The van der Waals surface area contributed by atoms with Crippen LogP contribution < -0.4 is 5.32 Å². The van der Waals surface area contributed by atoms with Crippen molar-refractivity contribution in [1.82, 2.24) is 14.8 Å². The number of fused-ring (bicyclic) bond motifs is 3. The lowest BCUT2D eigenvalue weighted by Crippen LogP contribution is -2.62. The van der Waals surface area contributed by atoms with Crippen molar-refractivity contribution in [2.75, 3.05) is 13.1 Å². The Hall–Kier alpha value is -2.07. The average Bonchev–Trinajstić information content (AvgIpc) is 3.09. The summed E-state index contributed by atoms with van der Waals surface area (Å²) in [6, 6.07) is 11.1. The van der Waals surface area contributed by atoms with E-state index in [0.29, 0.717) is 12.0 Å².